The minimum atomic E-state index is -0.812. The predicted molar refractivity (Wildman–Crippen MR) is 131 cm³/mol. The first-order chi connectivity index (χ1) is 16.5. The standard InChI is InChI=1S/C28H31NO5/c1-33-25-17-24(18-26(19-25)34-2)28(32)29(16-6-9-21-7-4-3-5-8-21)20-23-12-10-22(11-13-23)14-15-27(30)31/h3-5,7-8,10-13,17-19H,6,9,14-16,20H2,1-2H3,(H,30,31). The highest BCUT2D eigenvalue weighted by atomic mass is 16.5. The fourth-order valence-corrected chi connectivity index (χ4v) is 3.77. The molecule has 34 heavy (non-hydrogen) atoms. The summed E-state index contributed by atoms with van der Waals surface area (Å²) in [7, 11) is 3.12. The largest absolute Gasteiger partial charge is 0.497 e. The lowest BCUT2D eigenvalue weighted by atomic mass is 10.1. The van der Waals surface area contributed by atoms with Crippen molar-refractivity contribution in [3.63, 3.8) is 0 Å². The lowest BCUT2D eigenvalue weighted by Gasteiger charge is -2.24. The van der Waals surface area contributed by atoms with Gasteiger partial charge in [-0.05, 0) is 48.1 Å². The number of carbonyl (C=O) groups is 2. The highest BCUT2D eigenvalue weighted by Gasteiger charge is 2.18. The van der Waals surface area contributed by atoms with Crippen molar-refractivity contribution in [3.8, 4) is 11.5 Å². The highest BCUT2D eigenvalue weighted by Crippen LogP contribution is 2.24. The van der Waals surface area contributed by atoms with Crippen LogP contribution in [0, 0.1) is 0 Å². The van der Waals surface area contributed by atoms with Gasteiger partial charge in [-0.2, -0.15) is 0 Å². The molecule has 0 saturated carbocycles. The summed E-state index contributed by atoms with van der Waals surface area (Å²) in [4.78, 5) is 26.2. The Kier molecular flexibility index (Phi) is 9.09. The van der Waals surface area contributed by atoms with Gasteiger partial charge < -0.3 is 19.5 Å². The zero-order valence-corrected chi connectivity index (χ0v) is 19.7. The molecule has 0 aliphatic heterocycles. The number of carbonyl (C=O) groups excluding carboxylic acids is 1. The van der Waals surface area contributed by atoms with Crippen LogP contribution in [0.3, 0.4) is 0 Å². The number of nitrogens with zero attached hydrogens (tertiary/aromatic N) is 1. The van der Waals surface area contributed by atoms with Crippen LogP contribution in [0.15, 0.2) is 72.8 Å². The molecule has 0 aromatic heterocycles. The molecule has 0 atom stereocenters. The van der Waals surface area contributed by atoms with Gasteiger partial charge in [-0.25, -0.2) is 0 Å². The van der Waals surface area contributed by atoms with E-state index in [1.165, 1.54) is 5.56 Å². The van der Waals surface area contributed by atoms with Crippen LogP contribution in [0.25, 0.3) is 0 Å². The molecule has 0 saturated heterocycles. The van der Waals surface area contributed by atoms with Gasteiger partial charge in [0.2, 0.25) is 0 Å². The first kappa shape index (κ1) is 24.8. The third-order valence-electron chi connectivity index (χ3n) is 5.65. The maximum absolute atomic E-state index is 13.5. The number of hydrogen-bond acceptors (Lipinski definition) is 4. The van der Waals surface area contributed by atoms with Crippen molar-refractivity contribution in [2.45, 2.75) is 32.2 Å². The zero-order chi connectivity index (χ0) is 24.3. The van der Waals surface area contributed by atoms with Crippen molar-refractivity contribution in [3.05, 3.63) is 95.1 Å². The van der Waals surface area contributed by atoms with Gasteiger partial charge in [0, 0.05) is 31.1 Å². The Morgan fingerprint density at radius 1 is 0.794 bits per heavy atom. The molecule has 6 nitrogen and oxygen atoms in total. The Labute approximate surface area is 200 Å². The van der Waals surface area contributed by atoms with Crippen molar-refractivity contribution in [2.24, 2.45) is 0 Å². The van der Waals surface area contributed by atoms with E-state index in [-0.39, 0.29) is 12.3 Å². The minimum Gasteiger partial charge on any atom is -0.497 e. The van der Waals surface area contributed by atoms with Gasteiger partial charge in [-0.3, -0.25) is 9.59 Å². The molecular weight excluding hydrogens is 430 g/mol. The van der Waals surface area contributed by atoms with E-state index >= 15 is 0 Å². The van der Waals surface area contributed by atoms with Crippen molar-refractivity contribution < 1.29 is 24.2 Å². The van der Waals surface area contributed by atoms with Crippen LogP contribution >= 0.6 is 0 Å². The normalized spacial score (nSPS) is 10.5. The quantitative estimate of drug-likeness (QED) is 0.411. The summed E-state index contributed by atoms with van der Waals surface area (Å²) in [6.45, 7) is 1.04. The van der Waals surface area contributed by atoms with Gasteiger partial charge in [0.1, 0.15) is 11.5 Å². The van der Waals surface area contributed by atoms with Crippen LogP contribution in [0.5, 0.6) is 11.5 Å². The number of hydrogen-bond donors (Lipinski definition) is 1. The molecule has 0 heterocycles. The van der Waals surface area contributed by atoms with E-state index in [1.54, 1.807) is 32.4 Å². The molecule has 3 aromatic carbocycles. The molecule has 6 heteroatoms. The fourth-order valence-electron chi connectivity index (χ4n) is 3.77. The third kappa shape index (κ3) is 7.37. The van der Waals surface area contributed by atoms with E-state index < -0.39 is 5.97 Å². The number of ether oxygens (including phenoxy) is 2. The maximum Gasteiger partial charge on any atom is 0.303 e. The van der Waals surface area contributed by atoms with Gasteiger partial charge >= 0.3 is 5.97 Å². The first-order valence-electron chi connectivity index (χ1n) is 11.3. The Bertz CT molecular complexity index is 1060. The number of aryl methyl sites for hydroxylation is 2. The molecule has 0 bridgehead atoms. The SMILES string of the molecule is COc1cc(OC)cc(C(=O)N(CCCc2ccccc2)Cc2ccc(CCC(=O)O)cc2)c1. The second kappa shape index (κ2) is 12.4. The second-order valence-corrected chi connectivity index (χ2v) is 8.13. The molecule has 3 aromatic rings. The number of methoxy groups -OCH3 is 2. The summed E-state index contributed by atoms with van der Waals surface area (Å²) in [5, 5.41) is 8.90. The lowest BCUT2D eigenvalue weighted by molar-refractivity contribution is -0.136. The molecule has 0 unspecified atom stereocenters. The van der Waals surface area contributed by atoms with Crippen molar-refractivity contribution in [1.29, 1.82) is 0 Å². The number of aliphatic carboxylic acids is 1. The van der Waals surface area contributed by atoms with E-state index in [4.69, 9.17) is 14.6 Å². The van der Waals surface area contributed by atoms with E-state index in [2.05, 4.69) is 12.1 Å². The van der Waals surface area contributed by atoms with Crippen LogP contribution in [0.2, 0.25) is 0 Å². The van der Waals surface area contributed by atoms with Crippen LogP contribution < -0.4 is 9.47 Å². The Hall–Kier alpha value is -3.80. The number of amides is 1. The average Bonchev–Trinajstić information content (AvgIpc) is 2.87. The molecule has 1 N–H and O–H groups in total. The maximum atomic E-state index is 13.5. The molecular formula is C28H31NO5. The average molecular weight is 462 g/mol. The zero-order valence-electron chi connectivity index (χ0n) is 19.7. The molecule has 178 valence electrons. The minimum absolute atomic E-state index is 0.0970. The Morgan fingerprint density at radius 2 is 1.38 bits per heavy atom. The van der Waals surface area contributed by atoms with Crippen molar-refractivity contribution in [1.82, 2.24) is 4.90 Å². The van der Waals surface area contributed by atoms with Gasteiger partial charge in [-0.1, -0.05) is 54.6 Å². The number of rotatable bonds is 12. The van der Waals surface area contributed by atoms with Gasteiger partial charge in [0.25, 0.3) is 5.91 Å². The first-order valence-corrected chi connectivity index (χ1v) is 11.3. The van der Waals surface area contributed by atoms with Crippen LogP contribution in [0.1, 0.15) is 39.9 Å². The number of carboxylic acids is 1. The summed E-state index contributed by atoms with van der Waals surface area (Å²) in [5.41, 5.74) is 3.70. The van der Waals surface area contributed by atoms with Crippen LogP contribution in [0.4, 0.5) is 0 Å². The predicted octanol–water partition coefficient (Wildman–Crippen LogP) is 5.00. The summed E-state index contributed by atoms with van der Waals surface area (Å²) >= 11 is 0. The van der Waals surface area contributed by atoms with Gasteiger partial charge in [0.15, 0.2) is 0 Å². The van der Waals surface area contributed by atoms with E-state index in [1.807, 2.05) is 47.4 Å². The fraction of sp³-hybridized carbons (Fsp3) is 0.286. The summed E-state index contributed by atoms with van der Waals surface area (Å²) < 4.78 is 10.7. The summed E-state index contributed by atoms with van der Waals surface area (Å²) in [6.07, 6.45) is 2.29. The summed E-state index contributed by atoms with van der Waals surface area (Å²) in [6, 6.07) is 23.2. The number of benzene rings is 3. The third-order valence-corrected chi connectivity index (χ3v) is 5.65. The molecule has 0 aliphatic rings. The van der Waals surface area contributed by atoms with Crippen molar-refractivity contribution in [2.75, 3.05) is 20.8 Å². The van der Waals surface area contributed by atoms with Crippen LogP contribution in [-0.2, 0) is 24.2 Å². The molecule has 3 rings (SSSR count). The monoisotopic (exact) mass is 461 g/mol. The topological polar surface area (TPSA) is 76.1 Å². The Morgan fingerprint density at radius 3 is 1.97 bits per heavy atom. The summed E-state index contributed by atoms with van der Waals surface area (Å²) in [5.74, 6) is 0.220. The molecule has 0 fully saturated rings. The number of carboxylic acid groups (broad SMARTS) is 1. The van der Waals surface area contributed by atoms with Crippen molar-refractivity contribution >= 4 is 11.9 Å². The molecule has 0 aliphatic carbocycles. The molecule has 0 radical (unpaired) electrons. The highest BCUT2D eigenvalue weighted by molar-refractivity contribution is 5.95. The molecule has 1 amide bonds. The second-order valence-electron chi connectivity index (χ2n) is 8.13. The van der Waals surface area contributed by atoms with E-state index in [0.717, 1.165) is 24.0 Å². The molecule has 0 spiro atoms. The van der Waals surface area contributed by atoms with Gasteiger partial charge in [-0.15, -0.1) is 0 Å². The Balaban J connectivity index is 1.77. The smallest absolute Gasteiger partial charge is 0.303 e. The van der Waals surface area contributed by atoms with Gasteiger partial charge in [0.05, 0.1) is 14.2 Å². The lowest BCUT2D eigenvalue weighted by Crippen LogP contribution is -2.32. The van der Waals surface area contributed by atoms with E-state index in [0.29, 0.717) is 36.6 Å². The van der Waals surface area contributed by atoms with Crippen LogP contribution in [-0.4, -0.2) is 42.6 Å². The van der Waals surface area contributed by atoms with E-state index in [9.17, 15) is 9.59 Å².